The molecule has 0 saturated heterocycles. The molecule has 108 valence electrons. The molecule has 7 heteroatoms. The highest BCUT2D eigenvalue weighted by Crippen LogP contribution is 2.45. The van der Waals surface area contributed by atoms with Crippen molar-refractivity contribution in [3.05, 3.63) is 35.6 Å². The Balaban J connectivity index is 3.08. The molecular weight excluding hydrogens is 274 g/mol. The van der Waals surface area contributed by atoms with E-state index in [0.717, 1.165) is 38.3 Å². The first-order valence-electron chi connectivity index (χ1n) is 5.27. The van der Waals surface area contributed by atoms with Gasteiger partial charge in [-0.2, -0.15) is 22.0 Å². The summed E-state index contributed by atoms with van der Waals surface area (Å²) in [5.74, 6) is -5.52. The minimum Gasteiger partial charge on any atom is -0.374 e. The van der Waals surface area contributed by atoms with Gasteiger partial charge in [0.1, 0.15) is 5.82 Å². The highest BCUT2D eigenvalue weighted by Gasteiger charge is 2.60. The SMILES string of the molecule is COC(C)(CC(F)(F)C(F)(F)F)c1ccc(F)cc1. The van der Waals surface area contributed by atoms with Crippen molar-refractivity contribution in [2.24, 2.45) is 0 Å². The number of hydrogen-bond donors (Lipinski definition) is 0. The molecule has 0 spiro atoms. The fourth-order valence-corrected chi connectivity index (χ4v) is 1.62. The monoisotopic (exact) mass is 286 g/mol. The summed E-state index contributed by atoms with van der Waals surface area (Å²) in [5, 5.41) is 0. The standard InChI is InChI=1S/C12H12F6O/c1-10(19-2,7-11(14,15)12(16,17)18)8-3-5-9(13)6-4-8/h3-6H,7H2,1-2H3. The summed E-state index contributed by atoms with van der Waals surface area (Å²) >= 11 is 0. The highest BCUT2D eigenvalue weighted by atomic mass is 19.4. The number of methoxy groups -OCH3 is 1. The molecule has 19 heavy (non-hydrogen) atoms. The molecule has 0 aliphatic carbocycles. The predicted octanol–water partition coefficient (Wildman–Crippen LogP) is 4.28. The van der Waals surface area contributed by atoms with Crippen LogP contribution >= 0.6 is 0 Å². The van der Waals surface area contributed by atoms with Gasteiger partial charge in [-0.15, -0.1) is 0 Å². The molecule has 0 radical (unpaired) electrons. The van der Waals surface area contributed by atoms with E-state index in [4.69, 9.17) is 4.74 Å². The van der Waals surface area contributed by atoms with Gasteiger partial charge in [-0.3, -0.25) is 0 Å². The van der Waals surface area contributed by atoms with Crippen molar-refractivity contribution < 1.29 is 31.1 Å². The molecule has 0 aliphatic rings. The summed E-state index contributed by atoms with van der Waals surface area (Å²) in [5.41, 5.74) is -1.83. The second-order valence-electron chi connectivity index (χ2n) is 4.32. The zero-order valence-electron chi connectivity index (χ0n) is 10.2. The molecule has 0 aromatic heterocycles. The molecule has 0 amide bonds. The lowest BCUT2D eigenvalue weighted by Gasteiger charge is -2.33. The second-order valence-corrected chi connectivity index (χ2v) is 4.32. The van der Waals surface area contributed by atoms with Crippen LogP contribution in [0.15, 0.2) is 24.3 Å². The second kappa shape index (κ2) is 5.03. The van der Waals surface area contributed by atoms with Crippen molar-refractivity contribution in [3.8, 4) is 0 Å². The number of rotatable bonds is 4. The molecule has 1 atom stereocenters. The third-order valence-corrected chi connectivity index (χ3v) is 2.88. The Morgan fingerprint density at radius 1 is 1.00 bits per heavy atom. The van der Waals surface area contributed by atoms with Crippen LogP contribution in [0.5, 0.6) is 0 Å². The largest absolute Gasteiger partial charge is 0.453 e. The van der Waals surface area contributed by atoms with Crippen molar-refractivity contribution in [1.29, 1.82) is 0 Å². The fraction of sp³-hybridized carbons (Fsp3) is 0.500. The van der Waals surface area contributed by atoms with E-state index in [1.54, 1.807) is 0 Å². The first-order valence-corrected chi connectivity index (χ1v) is 5.27. The topological polar surface area (TPSA) is 9.23 Å². The summed E-state index contributed by atoms with van der Waals surface area (Å²) in [6.07, 6.45) is -7.24. The first-order chi connectivity index (χ1) is 8.52. The Kier molecular flexibility index (Phi) is 4.19. The highest BCUT2D eigenvalue weighted by molar-refractivity contribution is 5.23. The molecule has 0 N–H and O–H groups in total. The van der Waals surface area contributed by atoms with E-state index in [-0.39, 0.29) is 5.56 Å². The van der Waals surface area contributed by atoms with E-state index < -0.39 is 29.9 Å². The minimum atomic E-state index is -5.66. The van der Waals surface area contributed by atoms with Crippen LogP contribution in [0.4, 0.5) is 26.3 Å². The Bertz CT molecular complexity index is 425. The van der Waals surface area contributed by atoms with Gasteiger partial charge in [-0.1, -0.05) is 12.1 Å². The zero-order chi connectivity index (χ0) is 14.9. The lowest BCUT2D eigenvalue weighted by molar-refractivity contribution is -0.298. The maximum atomic E-state index is 13.1. The van der Waals surface area contributed by atoms with Crippen molar-refractivity contribution in [1.82, 2.24) is 0 Å². The minimum absolute atomic E-state index is 0.0420. The number of ether oxygens (including phenoxy) is 1. The average Bonchev–Trinajstić information content (AvgIpc) is 2.27. The number of alkyl halides is 5. The molecular formula is C12H12F6O. The van der Waals surface area contributed by atoms with E-state index in [9.17, 15) is 26.3 Å². The van der Waals surface area contributed by atoms with Crippen LogP contribution in [0.2, 0.25) is 0 Å². The molecule has 0 fully saturated rings. The first kappa shape index (κ1) is 15.8. The van der Waals surface area contributed by atoms with Gasteiger partial charge in [0, 0.05) is 7.11 Å². The molecule has 0 saturated carbocycles. The molecule has 1 aromatic rings. The maximum absolute atomic E-state index is 13.1. The van der Waals surface area contributed by atoms with Gasteiger partial charge in [0.25, 0.3) is 0 Å². The molecule has 1 rings (SSSR count). The zero-order valence-corrected chi connectivity index (χ0v) is 10.2. The van der Waals surface area contributed by atoms with E-state index in [2.05, 4.69) is 0 Å². The van der Waals surface area contributed by atoms with Gasteiger partial charge in [-0.05, 0) is 24.6 Å². The summed E-state index contributed by atoms with van der Waals surface area (Å²) in [4.78, 5) is 0. The van der Waals surface area contributed by atoms with Crippen LogP contribution in [0, 0.1) is 5.82 Å². The molecule has 1 nitrogen and oxygen atoms in total. The van der Waals surface area contributed by atoms with Gasteiger partial charge in [0.15, 0.2) is 0 Å². The maximum Gasteiger partial charge on any atom is 0.453 e. The van der Waals surface area contributed by atoms with Crippen LogP contribution in [-0.2, 0) is 10.3 Å². The van der Waals surface area contributed by atoms with Gasteiger partial charge in [-0.25, -0.2) is 4.39 Å². The summed E-state index contributed by atoms with van der Waals surface area (Å²) in [6.45, 7) is 1.10. The molecule has 0 aliphatic heterocycles. The average molecular weight is 286 g/mol. The number of halogens is 6. The van der Waals surface area contributed by atoms with E-state index >= 15 is 0 Å². The third kappa shape index (κ3) is 3.40. The van der Waals surface area contributed by atoms with Crippen LogP contribution < -0.4 is 0 Å². The Hall–Kier alpha value is -1.24. The molecule has 1 aromatic carbocycles. The Labute approximate surface area is 106 Å². The third-order valence-electron chi connectivity index (χ3n) is 2.88. The van der Waals surface area contributed by atoms with Gasteiger partial charge < -0.3 is 4.74 Å². The van der Waals surface area contributed by atoms with Gasteiger partial charge in [0.05, 0.1) is 12.0 Å². The van der Waals surface area contributed by atoms with Crippen molar-refractivity contribution in [2.75, 3.05) is 7.11 Å². The molecule has 1 unspecified atom stereocenters. The molecule has 0 heterocycles. The Morgan fingerprint density at radius 2 is 1.47 bits per heavy atom. The fourth-order valence-electron chi connectivity index (χ4n) is 1.62. The van der Waals surface area contributed by atoms with Crippen LogP contribution in [0.3, 0.4) is 0 Å². The Morgan fingerprint density at radius 3 is 1.84 bits per heavy atom. The van der Waals surface area contributed by atoms with E-state index in [1.807, 2.05) is 0 Å². The van der Waals surface area contributed by atoms with Crippen molar-refractivity contribution in [3.63, 3.8) is 0 Å². The quantitative estimate of drug-likeness (QED) is 0.751. The van der Waals surface area contributed by atoms with Crippen LogP contribution in [0.1, 0.15) is 18.9 Å². The molecule has 0 bridgehead atoms. The smallest absolute Gasteiger partial charge is 0.374 e. The van der Waals surface area contributed by atoms with Crippen LogP contribution in [-0.4, -0.2) is 19.2 Å². The van der Waals surface area contributed by atoms with E-state index in [0.29, 0.717) is 0 Å². The normalized spacial score (nSPS) is 16.2. The van der Waals surface area contributed by atoms with Crippen LogP contribution in [0.25, 0.3) is 0 Å². The summed E-state index contributed by atoms with van der Waals surface area (Å²) in [6, 6.07) is 4.17. The predicted molar refractivity (Wildman–Crippen MR) is 56.4 cm³/mol. The van der Waals surface area contributed by atoms with E-state index in [1.165, 1.54) is 0 Å². The number of hydrogen-bond acceptors (Lipinski definition) is 1. The van der Waals surface area contributed by atoms with Crippen molar-refractivity contribution >= 4 is 0 Å². The lowest BCUT2D eigenvalue weighted by atomic mass is 9.89. The van der Waals surface area contributed by atoms with Crippen molar-refractivity contribution in [2.45, 2.75) is 31.0 Å². The summed E-state index contributed by atoms with van der Waals surface area (Å²) < 4.78 is 80.4. The lowest BCUT2D eigenvalue weighted by Crippen LogP contribution is -2.43. The number of benzene rings is 1. The summed E-state index contributed by atoms with van der Waals surface area (Å²) in [7, 11) is 1.02. The van der Waals surface area contributed by atoms with Gasteiger partial charge in [0.2, 0.25) is 0 Å². The van der Waals surface area contributed by atoms with Gasteiger partial charge >= 0.3 is 12.1 Å².